The van der Waals surface area contributed by atoms with Gasteiger partial charge < -0.3 is 47.3 Å². The van der Waals surface area contributed by atoms with Crippen LogP contribution in [0.15, 0.2) is 54.6 Å². The number of carbonyl (C=O) groups excluding carboxylic acids is 6. The van der Waals surface area contributed by atoms with Crippen molar-refractivity contribution in [2.75, 3.05) is 12.3 Å². The number of nitrogens with one attached hydrogen (secondary N) is 5. The molecular formula is C41H62N6O9S. The second kappa shape index (κ2) is 22.3. The number of aromatic hydroxyl groups is 1. The highest BCUT2D eigenvalue weighted by Gasteiger charge is 2.35. The molecule has 5 amide bonds. The number of thioether (sulfide) groups is 1. The Morgan fingerprint density at radius 3 is 1.82 bits per heavy atom. The summed E-state index contributed by atoms with van der Waals surface area (Å²) < 4.78 is 5.12. The van der Waals surface area contributed by atoms with Crippen molar-refractivity contribution in [1.82, 2.24) is 26.6 Å². The van der Waals surface area contributed by atoms with Gasteiger partial charge in [-0.15, -0.1) is 0 Å². The number of phenolic OH excluding ortho intramolecular Hbond substituents is 1. The van der Waals surface area contributed by atoms with Crippen molar-refractivity contribution < 1.29 is 43.7 Å². The minimum atomic E-state index is -1.41. The lowest BCUT2D eigenvalue weighted by atomic mass is 10.0. The Hall–Kier alpha value is -4.67. The van der Waals surface area contributed by atoms with E-state index in [2.05, 4.69) is 26.6 Å². The third-order valence-corrected chi connectivity index (χ3v) is 9.55. The van der Waals surface area contributed by atoms with Gasteiger partial charge in [-0.2, -0.15) is 11.8 Å². The second-order valence-corrected chi connectivity index (χ2v) is 18.3. The van der Waals surface area contributed by atoms with E-state index in [0.29, 0.717) is 11.1 Å². The summed E-state index contributed by atoms with van der Waals surface area (Å²) in [6, 6.07) is 9.34. The number of nitrogens with two attached hydrogens (primary N) is 1. The molecule has 0 aliphatic heterocycles. The fourth-order valence-electron chi connectivity index (χ4n) is 5.34. The first-order chi connectivity index (χ1) is 26.4. The van der Waals surface area contributed by atoms with E-state index >= 15 is 0 Å². The molecule has 0 heterocycles. The van der Waals surface area contributed by atoms with Gasteiger partial charge in [0.1, 0.15) is 29.5 Å². The SMILES string of the molecule is CC(C)CC(NC(=O)C(Cc1ccccc1)NC(=O)CNC(=O)C(CSC(C)(C)C)NC(=O)C(N)Cc1ccc(O)cc1)C(=O)NC(C(=O)OC(C)(C)C)C(C)O. The summed E-state index contributed by atoms with van der Waals surface area (Å²) in [6.07, 6.45) is -0.943. The van der Waals surface area contributed by atoms with Crippen LogP contribution in [0.4, 0.5) is 0 Å². The molecule has 316 valence electrons. The molecule has 0 bridgehead atoms. The molecule has 6 unspecified atom stereocenters. The van der Waals surface area contributed by atoms with Crippen LogP contribution >= 0.6 is 11.8 Å². The number of carbonyl (C=O) groups is 6. The molecule has 0 spiro atoms. The summed E-state index contributed by atoms with van der Waals surface area (Å²) in [5, 5.41) is 33.0. The number of esters is 1. The first-order valence-electron chi connectivity index (χ1n) is 19.0. The quantitative estimate of drug-likeness (QED) is 0.0899. The summed E-state index contributed by atoms with van der Waals surface area (Å²) in [6.45, 7) is 15.3. The molecule has 57 heavy (non-hydrogen) atoms. The van der Waals surface area contributed by atoms with Crippen molar-refractivity contribution >= 4 is 47.3 Å². The van der Waals surface area contributed by atoms with E-state index in [-0.39, 0.29) is 41.4 Å². The number of aliphatic hydroxyl groups is 1. The maximum Gasteiger partial charge on any atom is 0.331 e. The van der Waals surface area contributed by atoms with Gasteiger partial charge in [0.25, 0.3) is 0 Å². The molecular weight excluding hydrogens is 753 g/mol. The van der Waals surface area contributed by atoms with Gasteiger partial charge in [-0.3, -0.25) is 24.0 Å². The van der Waals surface area contributed by atoms with E-state index in [1.54, 1.807) is 63.2 Å². The summed E-state index contributed by atoms with van der Waals surface area (Å²) in [4.78, 5) is 80.2. The Bertz CT molecular complexity index is 1640. The van der Waals surface area contributed by atoms with E-state index in [4.69, 9.17) is 10.5 Å². The first-order valence-corrected chi connectivity index (χ1v) is 20.0. The van der Waals surface area contributed by atoms with Gasteiger partial charge in [0.05, 0.1) is 18.7 Å². The third kappa shape index (κ3) is 18.9. The van der Waals surface area contributed by atoms with Crippen molar-refractivity contribution in [3.63, 3.8) is 0 Å². The molecule has 6 atom stereocenters. The van der Waals surface area contributed by atoms with Crippen molar-refractivity contribution in [3.05, 3.63) is 65.7 Å². The zero-order chi connectivity index (χ0) is 43.1. The van der Waals surface area contributed by atoms with Crippen LogP contribution in [0, 0.1) is 5.92 Å². The van der Waals surface area contributed by atoms with Gasteiger partial charge in [-0.25, -0.2) is 4.79 Å². The van der Waals surface area contributed by atoms with Crippen molar-refractivity contribution in [1.29, 1.82) is 0 Å². The fraction of sp³-hybridized carbons (Fsp3) is 0.561. The molecule has 0 aromatic heterocycles. The largest absolute Gasteiger partial charge is 0.508 e. The van der Waals surface area contributed by atoms with Crippen LogP contribution in [0.5, 0.6) is 5.75 Å². The van der Waals surface area contributed by atoms with Gasteiger partial charge in [-0.1, -0.05) is 77.1 Å². The van der Waals surface area contributed by atoms with E-state index < -0.39 is 84.0 Å². The zero-order valence-corrected chi connectivity index (χ0v) is 35.3. The van der Waals surface area contributed by atoms with Gasteiger partial charge in [0.2, 0.25) is 29.5 Å². The van der Waals surface area contributed by atoms with Crippen molar-refractivity contribution in [2.24, 2.45) is 11.7 Å². The molecule has 0 radical (unpaired) electrons. The van der Waals surface area contributed by atoms with Gasteiger partial charge in [-0.05, 0) is 69.7 Å². The van der Waals surface area contributed by atoms with Crippen molar-refractivity contribution in [2.45, 2.75) is 128 Å². The van der Waals surface area contributed by atoms with Crippen LogP contribution in [0.2, 0.25) is 0 Å². The van der Waals surface area contributed by atoms with E-state index in [0.717, 1.165) is 0 Å². The highest BCUT2D eigenvalue weighted by Crippen LogP contribution is 2.24. The summed E-state index contributed by atoms with van der Waals surface area (Å²) in [5.74, 6) is -4.02. The first kappa shape index (κ1) is 48.5. The Morgan fingerprint density at radius 1 is 0.719 bits per heavy atom. The predicted molar refractivity (Wildman–Crippen MR) is 220 cm³/mol. The van der Waals surface area contributed by atoms with E-state index in [1.807, 2.05) is 34.6 Å². The predicted octanol–water partition coefficient (Wildman–Crippen LogP) is 1.86. The number of benzene rings is 2. The number of phenols is 1. The Morgan fingerprint density at radius 2 is 1.28 bits per heavy atom. The number of amides is 5. The Kier molecular flexibility index (Phi) is 19.0. The minimum absolute atomic E-state index is 0.0381. The topological polar surface area (TPSA) is 238 Å². The third-order valence-electron chi connectivity index (χ3n) is 8.18. The molecule has 16 heteroatoms. The average molecular weight is 815 g/mol. The Labute approximate surface area is 340 Å². The molecule has 15 nitrogen and oxygen atoms in total. The van der Waals surface area contributed by atoms with Crippen LogP contribution in [-0.2, 0) is 46.3 Å². The summed E-state index contributed by atoms with van der Waals surface area (Å²) >= 11 is 1.43. The van der Waals surface area contributed by atoms with Crippen molar-refractivity contribution in [3.8, 4) is 5.75 Å². The van der Waals surface area contributed by atoms with Gasteiger partial charge in [0, 0.05) is 16.9 Å². The lowest BCUT2D eigenvalue weighted by Gasteiger charge is -2.29. The number of ether oxygens (including phenoxy) is 1. The monoisotopic (exact) mass is 814 g/mol. The van der Waals surface area contributed by atoms with Gasteiger partial charge >= 0.3 is 5.97 Å². The molecule has 0 fully saturated rings. The summed E-state index contributed by atoms with van der Waals surface area (Å²) in [7, 11) is 0. The average Bonchev–Trinajstić information content (AvgIpc) is 3.10. The highest BCUT2D eigenvalue weighted by molar-refractivity contribution is 8.00. The Balaban J connectivity index is 2.22. The normalized spacial score (nSPS) is 14.9. The number of hydrogen-bond acceptors (Lipinski definition) is 11. The molecule has 0 saturated heterocycles. The second-order valence-electron chi connectivity index (χ2n) is 16.4. The maximum absolute atomic E-state index is 13.9. The van der Waals surface area contributed by atoms with E-state index in [1.165, 1.54) is 30.8 Å². The molecule has 2 aromatic carbocycles. The molecule has 2 rings (SSSR count). The van der Waals surface area contributed by atoms with Crippen LogP contribution in [-0.4, -0.2) is 105 Å². The maximum atomic E-state index is 13.9. The molecule has 0 aliphatic rings. The molecule has 0 saturated carbocycles. The minimum Gasteiger partial charge on any atom is -0.508 e. The fourth-order valence-corrected chi connectivity index (χ4v) is 6.24. The smallest absolute Gasteiger partial charge is 0.331 e. The number of aliphatic hydroxyl groups excluding tert-OH is 1. The highest BCUT2D eigenvalue weighted by atomic mass is 32.2. The number of rotatable bonds is 20. The lowest BCUT2D eigenvalue weighted by Crippen LogP contribution is -2.59. The molecule has 0 aliphatic carbocycles. The lowest BCUT2D eigenvalue weighted by molar-refractivity contribution is -0.161. The van der Waals surface area contributed by atoms with Crippen LogP contribution < -0.4 is 32.3 Å². The zero-order valence-electron chi connectivity index (χ0n) is 34.5. The van der Waals surface area contributed by atoms with Crippen LogP contribution in [0.1, 0.15) is 79.9 Å². The number of hydrogen-bond donors (Lipinski definition) is 8. The van der Waals surface area contributed by atoms with E-state index in [9.17, 15) is 39.0 Å². The molecule has 2 aromatic rings. The molecule has 9 N–H and O–H groups in total. The van der Waals surface area contributed by atoms with Crippen LogP contribution in [0.25, 0.3) is 0 Å². The van der Waals surface area contributed by atoms with Gasteiger partial charge in [0.15, 0.2) is 6.04 Å². The van der Waals surface area contributed by atoms with Crippen LogP contribution in [0.3, 0.4) is 0 Å². The standard InChI is InChI=1S/C41H62N6O9S/c1-24(2)19-30(38(54)47-34(25(3)48)39(55)56-40(4,5)6)45-37(53)31(21-26-13-11-10-12-14-26)44-33(50)22-43-36(52)32(23-57-41(7,8)9)46-35(51)29(42)20-27-15-17-28(49)18-16-27/h10-18,24-25,29-32,34,48-49H,19-23,42H2,1-9H3,(H,43,52)(H,44,50)(H,45,53)(H,46,51)(H,47,54). The summed E-state index contributed by atoms with van der Waals surface area (Å²) in [5.41, 5.74) is 6.70.